The van der Waals surface area contributed by atoms with Gasteiger partial charge in [-0.1, -0.05) is 13.0 Å². The minimum absolute atomic E-state index is 0.0550. The Kier molecular flexibility index (Phi) is 3.38. The van der Waals surface area contributed by atoms with Gasteiger partial charge in [0.15, 0.2) is 0 Å². The third-order valence-electron chi connectivity index (χ3n) is 2.67. The number of ether oxygens (including phenoxy) is 1. The van der Waals surface area contributed by atoms with E-state index in [0.717, 1.165) is 18.6 Å². The largest absolute Gasteiger partial charge is 0.495 e. The average Bonchev–Trinajstić information content (AvgIpc) is 2.26. The molecule has 1 aliphatic rings. The van der Waals surface area contributed by atoms with Gasteiger partial charge in [-0.3, -0.25) is 0 Å². The van der Waals surface area contributed by atoms with E-state index in [1.807, 2.05) is 19.1 Å². The van der Waals surface area contributed by atoms with E-state index in [4.69, 9.17) is 10.5 Å². The highest BCUT2D eigenvalue weighted by molar-refractivity contribution is 5.15. The van der Waals surface area contributed by atoms with Crippen LogP contribution >= 0.6 is 0 Å². The first-order chi connectivity index (χ1) is 6.48. The molecule has 1 fully saturated rings. The van der Waals surface area contributed by atoms with Crippen molar-refractivity contribution in [2.24, 2.45) is 11.1 Å². The summed E-state index contributed by atoms with van der Waals surface area (Å²) in [5, 5.41) is 0. The summed E-state index contributed by atoms with van der Waals surface area (Å²) in [4.78, 5) is 0. The molecule has 14 heavy (non-hydrogen) atoms. The number of nitrogens with two attached hydrogens (primary N) is 1. The van der Waals surface area contributed by atoms with Gasteiger partial charge in [0.05, 0.1) is 6.10 Å². The molecule has 2 heteroatoms. The normalized spacial score (nSPS) is 36.9. The number of hydrogen-bond acceptors (Lipinski definition) is 2. The van der Waals surface area contributed by atoms with E-state index in [9.17, 15) is 0 Å². The third kappa shape index (κ3) is 2.38. The quantitative estimate of drug-likeness (QED) is 0.702. The fraction of sp³-hybridized carbons (Fsp3) is 0.667. The summed E-state index contributed by atoms with van der Waals surface area (Å²) >= 11 is 0. The van der Waals surface area contributed by atoms with Crippen LogP contribution in [0.5, 0.6) is 0 Å². The molecule has 0 aromatic carbocycles. The Morgan fingerprint density at radius 1 is 1.79 bits per heavy atom. The molecule has 1 rings (SSSR count). The predicted octanol–water partition coefficient (Wildman–Crippen LogP) is 2.61. The fourth-order valence-electron chi connectivity index (χ4n) is 2.12. The van der Waals surface area contributed by atoms with Crippen molar-refractivity contribution < 1.29 is 4.74 Å². The summed E-state index contributed by atoms with van der Waals surface area (Å²) in [7, 11) is 0. The van der Waals surface area contributed by atoms with E-state index in [0.29, 0.717) is 6.10 Å². The molecule has 2 nitrogen and oxygen atoms in total. The van der Waals surface area contributed by atoms with Crippen LogP contribution in [0, 0.1) is 5.41 Å². The van der Waals surface area contributed by atoms with Crippen LogP contribution in [0.1, 0.15) is 33.6 Å². The van der Waals surface area contributed by atoms with Crippen LogP contribution < -0.4 is 5.73 Å². The van der Waals surface area contributed by atoms with Crippen molar-refractivity contribution in [3.05, 3.63) is 24.5 Å². The van der Waals surface area contributed by atoms with Crippen molar-refractivity contribution in [1.29, 1.82) is 0 Å². The van der Waals surface area contributed by atoms with E-state index in [1.54, 1.807) is 0 Å². The molecule has 1 aliphatic heterocycles. The summed E-state index contributed by atoms with van der Waals surface area (Å²) in [5.41, 5.74) is 5.86. The molecule has 0 aromatic rings. The number of rotatable bonds is 3. The topological polar surface area (TPSA) is 35.2 Å². The van der Waals surface area contributed by atoms with E-state index in [1.165, 1.54) is 0 Å². The Hall–Kier alpha value is -0.760. The SMILES string of the molecule is C=CC[C@@]1(C)C[C@@H](C)O/C1=C/C(C)N. The number of allylic oxidation sites excluding steroid dienone is 2. The Labute approximate surface area is 86.8 Å². The van der Waals surface area contributed by atoms with Crippen molar-refractivity contribution in [2.75, 3.05) is 0 Å². The maximum absolute atomic E-state index is 5.77. The zero-order valence-corrected chi connectivity index (χ0v) is 9.42. The van der Waals surface area contributed by atoms with Crippen LogP contribution in [0.2, 0.25) is 0 Å². The minimum atomic E-state index is 0.0550. The molecule has 0 radical (unpaired) electrons. The first kappa shape index (κ1) is 11.3. The van der Waals surface area contributed by atoms with Crippen LogP contribution in [0.25, 0.3) is 0 Å². The smallest absolute Gasteiger partial charge is 0.100 e. The van der Waals surface area contributed by atoms with Crippen molar-refractivity contribution in [3.8, 4) is 0 Å². The van der Waals surface area contributed by atoms with Gasteiger partial charge in [0, 0.05) is 11.5 Å². The standard InChI is InChI=1S/C12H21NO/c1-5-6-12(4)8-10(3)14-11(12)7-9(2)13/h5,7,9-10H,1,6,8,13H2,2-4H3/b11-7+/t9?,10-,12+/m1/s1. The van der Waals surface area contributed by atoms with Gasteiger partial charge in [-0.05, 0) is 32.8 Å². The molecule has 0 bridgehead atoms. The highest BCUT2D eigenvalue weighted by Gasteiger charge is 2.38. The Morgan fingerprint density at radius 2 is 2.43 bits per heavy atom. The van der Waals surface area contributed by atoms with Crippen LogP contribution in [0.4, 0.5) is 0 Å². The molecule has 3 atom stereocenters. The second-order valence-corrected chi connectivity index (χ2v) is 4.58. The molecule has 80 valence electrons. The van der Waals surface area contributed by atoms with E-state index in [-0.39, 0.29) is 11.5 Å². The van der Waals surface area contributed by atoms with Crippen LogP contribution in [0.3, 0.4) is 0 Å². The lowest BCUT2D eigenvalue weighted by molar-refractivity contribution is 0.173. The zero-order valence-electron chi connectivity index (χ0n) is 9.42. The molecule has 0 spiro atoms. The molecule has 1 saturated heterocycles. The molecule has 0 aromatic heterocycles. The van der Waals surface area contributed by atoms with Gasteiger partial charge < -0.3 is 10.5 Å². The van der Waals surface area contributed by atoms with E-state index >= 15 is 0 Å². The molecule has 1 heterocycles. The Bertz CT molecular complexity index is 245. The van der Waals surface area contributed by atoms with Crippen molar-refractivity contribution in [2.45, 2.75) is 45.8 Å². The lowest BCUT2D eigenvalue weighted by Gasteiger charge is -2.21. The Morgan fingerprint density at radius 3 is 2.93 bits per heavy atom. The monoisotopic (exact) mass is 195 g/mol. The molecule has 2 N–H and O–H groups in total. The highest BCUT2D eigenvalue weighted by atomic mass is 16.5. The molecule has 0 amide bonds. The lowest BCUT2D eigenvalue weighted by atomic mass is 9.81. The summed E-state index contributed by atoms with van der Waals surface area (Å²) < 4.78 is 5.77. The van der Waals surface area contributed by atoms with Crippen molar-refractivity contribution in [3.63, 3.8) is 0 Å². The zero-order chi connectivity index (χ0) is 10.8. The predicted molar refractivity (Wildman–Crippen MR) is 59.8 cm³/mol. The van der Waals surface area contributed by atoms with Gasteiger partial charge in [0.25, 0.3) is 0 Å². The second-order valence-electron chi connectivity index (χ2n) is 4.58. The maximum atomic E-state index is 5.77. The highest BCUT2D eigenvalue weighted by Crippen LogP contribution is 2.44. The third-order valence-corrected chi connectivity index (χ3v) is 2.67. The summed E-state index contributed by atoms with van der Waals surface area (Å²) in [5.74, 6) is 1.04. The van der Waals surface area contributed by atoms with Gasteiger partial charge in [-0.15, -0.1) is 6.58 Å². The first-order valence-corrected chi connectivity index (χ1v) is 5.23. The molecule has 0 aliphatic carbocycles. The van der Waals surface area contributed by atoms with Crippen LogP contribution in [-0.4, -0.2) is 12.1 Å². The average molecular weight is 195 g/mol. The van der Waals surface area contributed by atoms with E-state index in [2.05, 4.69) is 20.4 Å². The van der Waals surface area contributed by atoms with Gasteiger partial charge in [-0.2, -0.15) is 0 Å². The summed E-state index contributed by atoms with van der Waals surface area (Å²) in [6, 6.07) is 0.0550. The molecule has 0 saturated carbocycles. The molecule has 1 unspecified atom stereocenters. The summed E-state index contributed by atoms with van der Waals surface area (Å²) in [6.45, 7) is 10.1. The summed E-state index contributed by atoms with van der Waals surface area (Å²) in [6.07, 6.45) is 6.28. The van der Waals surface area contributed by atoms with E-state index < -0.39 is 0 Å². The van der Waals surface area contributed by atoms with Gasteiger partial charge in [0.2, 0.25) is 0 Å². The van der Waals surface area contributed by atoms with Crippen molar-refractivity contribution >= 4 is 0 Å². The van der Waals surface area contributed by atoms with Crippen LogP contribution in [-0.2, 0) is 4.74 Å². The van der Waals surface area contributed by atoms with Gasteiger partial charge in [-0.25, -0.2) is 0 Å². The van der Waals surface area contributed by atoms with Crippen molar-refractivity contribution in [1.82, 2.24) is 0 Å². The lowest BCUT2D eigenvalue weighted by Crippen LogP contribution is -2.18. The fourth-order valence-corrected chi connectivity index (χ4v) is 2.12. The molecular formula is C12H21NO. The Balaban J connectivity index is 2.86. The minimum Gasteiger partial charge on any atom is -0.495 e. The maximum Gasteiger partial charge on any atom is 0.100 e. The van der Waals surface area contributed by atoms with Crippen LogP contribution in [0.15, 0.2) is 24.5 Å². The first-order valence-electron chi connectivity index (χ1n) is 5.23. The number of hydrogen-bond donors (Lipinski definition) is 1. The molecular weight excluding hydrogens is 174 g/mol. The van der Waals surface area contributed by atoms with Gasteiger partial charge >= 0.3 is 0 Å². The second kappa shape index (κ2) is 4.18. The van der Waals surface area contributed by atoms with Gasteiger partial charge in [0.1, 0.15) is 5.76 Å².